The first kappa shape index (κ1) is 15.3. The van der Waals surface area contributed by atoms with Gasteiger partial charge in [-0.3, -0.25) is 14.9 Å². The molecule has 1 saturated carbocycles. The molecular formula is C13H15BrN2O3S. The van der Waals surface area contributed by atoms with E-state index in [9.17, 15) is 14.9 Å². The monoisotopic (exact) mass is 358 g/mol. The third kappa shape index (κ3) is 3.52. The van der Waals surface area contributed by atoms with Crippen LogP contribution in [0.25, 0.3) is 0 Å². The van der Waals surface area contributed by atoms with Gasteiger partial charge in [0.25, 0.3) is 11.6 Å². The van der Waals surface area contributed by atoms with Crippen LogP contribution in [-0.2, 0) is 0 Å². The fourth-order valence-electron chi connectivity index (χ4n) is 2.35. The number of rotatable bonds is 4. The summed E-state index contributed by atoms with van der Waals surface area (Å²) in [6.45, 7) is 0. The van der Waals surface area contributed by atoms with Gasteiger partial charge in [-0.15, -0.1) is 0 Å². The van der Waals surface area contributed by atoms with Crippen LogP contribution in [0.15, 0.2) is 22.7 Å². The molecule has 108 valence electrons. The summed E-state index contributed by atoms with van der Waals surface area (Å²) in [5.74, 6) is -0.243. The number of benzene rings is 1. The average molecular weight is 359 g/mol. The van der Waals surface area contributed by atoms with Crippen LogP contribution >= 0.6 is 27.7 Å². The van der Waals surface area contributed by atoms with Crippen molar-refractivity contribution in [3.05, 3.63) is 38.3 Å². The molecule has 0 heterocycles. The zero-order chi connectivity index (χ0) is 14.7. The third-order valence-corrected chi connectivity index (χ3v) is 5.22. The third-order valence-electron chi connectivity index (χ3n) is 3.46. The van der Waals surface area contributed by atoms with E-state index < -0.39 is 4.92 Å². The average Bonchev–Trinajstić information content (AvgIpc) is 2.86. The van der Waals surface area contributed by atoms with Crippen LogP contribution in [-0.4, -0.2) is 28.4 Å². The van der Waals surface area contributed by atoms with Crippen molar-refractivity contribution in [3.63, 3.8) is 0 Å². The van der Waals surface area contributed by atoms with E-state index in [4.69, 9.17) is 0 Å². The molecule has 20 heavy (non-hydrogen) atoms. The maximum atomic E-state index is 12.1. The highest BCUT2D eigenvalue weighted by molar-refractivity contribution is 9.10. The zero-order valence-electron chi connectivity index (χ0n) is 11.0. The molecule has 0 aliphatic heterocycles. The van der Waals surface area contributed by atoms with Crippen LogP contribution in [0.2, 0.25) is 0 Å². The van der Waals surface area contributed by atoms with Crippen LogP contribution in [0.4, 0.5) is 5.69 Å². The van der Waals surface area contributed by atoms with Crippen LogP contribution in [0, 0.1) is 10.1 Å². The van der Waals surface area contributed by atoms with Crippen molar-refractivity contribution in [2.45, 2.75) is 30.6 Å². The molecule has 1 amide bonds. The highest BCUT2D eigenvalue weighted by Gasteiger charge is 2.26. The van der Waals surface area contributed by atoms with E-state index in [1.54, 1.807) is 6.07 Å². The van der Waals surface area contributed by atoms with Crippen molar-refractivity contribution in [2.24, 2.45) is 0 Å². The SMILES string of the molecule is CSC1CCC(NC(=O)c2ccc(Br)c([N+](=O)[O-])c2)C1. The Hall–Kier alpha value is -1.08. The van der Waals surface area contributed by atoms with Crippen molar-refractivity contribution < 1.29 is 9.72 Å². The summed E-state index contributed by atoms with van der Waals surface area (Å²) in [7, 11) is 0. The quantitative estimate of drug-likeness (QED) is 0.661. The van der Waals surface area contributed by atoms with Gasteiger partial charge >= 0.3 is 0 Å². The maximum absolute atomic E-state index is 12.1. The molecule has 5 nitrogen and oxygen atoms in total. The standard InChI is InChI=1S/C13H15BrN2O3S/c1-20-10-4-3-9(7-10)15-13(17)8-2-5-11(14)12(6-8)16(18)19/h2,5-6,9-10H,3-4,7H2,1H3,(H,15,17). The summed E-state index contributed by atoms with van der Waals surface area (Å²) in [5, 5.41) is 14.4. The van der Waals surface area contributed by atoms with E-state index in [0.717, 1.165) is 19.3 Å². The van der Waals surface area contributed by atoms with Gasteiger partial charge in [-0.25, -0.2) is 0 Å². The lowest BCUT2D eigenvalue weighted by atomic mass is 10.1. The van der Waals surface area contributed by atoms with E-state index in [-0.39, 0.29) is 17.6 Å². The molecule has 2 unspecified atom stereocenters. The first-order valence-corrected chi connectivity index (χ1v) is 8.37. The van der Waals surface area contributed by atoms with Gasteiger partial charge in [0.2, 0.25) is 0 Å². The molecule has 2 atom stereocenters. The molecule has 0 radical (unpaired) electrons. The first-order chi connectivity index (χ1) is 9.51. The molecule has 1 aliphatic rings. The van der Waals surface area contributed by atoms with Crippen molar-refractivity contribution in [3.8, 4) is 0 Å². The number of halogens is 1. The molecular weight excluding hydrogens is 344 g/mol. The van der Waals surface area contributed by atoms with Crippen LogP contribution < -0.4 is 5.32 Å². The molecule has 0 saturated heterocycles. The Morgan fingerprint density at radius 3 is 2.85 bits per heavy atom. The molecule has 0 aromatic heterocycles. The van der Waals surface area contributed by atoms with Gasteiger partial charge in [-0.1, -0.05) is 0 Å². The van der Waals surface area contributed by atoms with E-state index >= 15 is 0 Å². The minimum absolute atomic E-state index is 0.0916. The van der Waals surface area contributed by atoms with Crippen molar-refractivity contribution in [2.75, 3.05) is 6.26 Å². The van der Waals surface area contributed by atoms with Gasteiger partial charge in [0, 0.05) is 22.9 Å². The second-order valence-electron chi connectivity index (χ2n) is 4.76. The number of carbonyl (C=O) groups is 1. The number of nitrogens with zero attached hydrogens (tertiary/aromatic N) is 1. The Morgan fingerprint density at radius 1 is 1.50 bits per heavy atom. The lowest BCUT2D eigenvalue weighted by Crippen LogP contribution is -2.33. The summed E-state index contributed by atoms with van der Waals surface area (Å²) >= 11 is 4.93. The van der Waals surface area contributed by atoms with E-state index in [2.05, 4.69) is 27.5 Å². The molecule has 0 bridgehead atoms. The predicted molar refractivity (Wildman–Crippen MR) is 83.2 cm³/mol. The van der Waals surface area contributed by atoms with Gasteiger partial charge in [-0.2, -0.15) is 11.8 Å². The van der Waals surface area contributed by atoms with Crippen LogP contribution in [0.3, 0.4) is 0 Å². The predicted octanol–water partition coefficient (Wildman–Crippen LogP) is 3.37. The number of nitrogens with one attached hydrogen (secondary N) is 1. The lowest BCUT2D eigenvalue weighted by Gasteiger charge is -2.12. The minimum Gasteiger partial charge on any atom is -0.349 e. The Bertz CT molecular complexity index is 538. The van der Waals surface area contributed by atoms with E-state index in [1.165, 1.54) is 12.1 Å². The first-order valence-electron chi connectivity index (χ1n) is 6.29. The Balaban J connectivity index is 2.06. The molecule has 0 spiro atoms. The van der Waals surface area contributed by atoms with E-state index in [1.807, 2.05) is 11.8 Å². The molecule has 1 aliphatic carbocycles. The molecule has 7 heteroatoms. The number of nitro groups is 1. The van der Waals surface area contributed by atoms with Crippen LogP contribution in [0.5, 0.6) is 0 Å². The van der Waals surface area contributed by atoms with Crippen LogP contribution in [0.1, 0.15) is 29.6 Å². The van der Waals surface area contributed by atoms with Gasteiger partial charge in [0.1, 0.15) is 0 Å². The number of nitro benzene ring substituents is 1. The van der Waals surface area contributed by atoms with Crippen molar-refractivity contribution >= 4 is 39.3 Å². The molecule has 1 fully saturated rings. The fourth-order valence-corrected chi connectivity index (χ4v) is 3.54. The Kier molecular flexibility index (Phi) is 5.04. The minimum atomic E-state index is -0.500. The van der Waals surface area contributed by atoms with Gasteiger partial charge in [-0.05, 0) is 53.6 Å². The number of hydrogen-bond donors (Lipinski definition) is 1. The smallest absolute Gasteiger partial charge is 0.284 e. The largest absolute Gasteiger partial charge is 0.349 e. The summed E-state index contributed by atoms with van der Waals surface area (Å²) in [5.41, 5.74) is 0.235. The summed E-state index contributed by atoms with van der Waals surface area (Å²) in [6.07, 6.45) is 5.11. The number of thioether (sulfide) groups is 1. The molecule has 1 N–H and O–H groups in total. The second-order valence-corrected chi connectivity index (χ2v) is 6.76. The highest BCUT2D eigenvalue weighted by atomic mass is 79.9. The highest BCUT2D eigenvalue weighted by Crippen LogP contribution is 2.29. The molecule has 2 rings (SSSR count). The number of carbonyl (C=O) groups excluding carboxylic acids is 1. The molecule has 1 aromatic carbocycles. The van der Waals surface area contributed by atoms with Crippen molar-refractivity contribution in [1.29, 1.82) is 0 Å². The maximum Gasteiger partial charge on any atom is 0.284 e. The number of hydrogen-bond acceptors (Lipinski definition) is 4. The van der Waals surface area contributed by atoms with E-state index in [0.29, 0.717) is 15.3 Å². The summed E-state index contributed by atoms with van der Waals surface area (Å²) in [4.78, 5) is 22.5. The zero-order valence-corrected chi connectivity index (χ0v) is 13.4. The summed E-state index contributed by atoms with van der Waals surface area (Å²) < 4.78 is 0.377. The topological polar surface area (TPSA) is 72.2 Å². The van der Waals surface area contributed by atoms with Gasteiger partial charge in [0.05, 0.1) is 9.40 Å². The summed E-state index contributed by atoms with van der Waals surface area (Å²) in [6, 6.07) is 4.60. The van der Waals surface area contributed by atoms with Gasteiger partial charge in [0.15, 0.2) is 0 Å². The van der Waals surface area contributed by atoms with Crippen molar-refractivity contribution in [1.82, 2.24) is 5.32 Å². The molecule has 1 aromatic rings. The second kappa shape index (κ2) is 6.58. The number of amides is 1. The van der Waals surface area contributed by atoms with Gasteiger partial charge < -0.3 is 5.32 Å². The lowest BCUT2D eigenvalue weighted by molar-refractivity contribution is -0.385. The fraction of sp³-hybridized carbons (Fsp3) is 0.462. The normalized spacial score (nSPS) is 21.7. The Labute approximate surface area is 129 Å². The Morgan fingerprint density at radius 2 is 2.25 bits per heavy atom.